The number of nitrogens with zero attached hydrogens (tertiary/aromatic N) is 1. The Balaban J connectivity index is 2.52. The molecule has 1 heterocycles. The number of hydrogen-bond donors (Lipinski definition) is 0. The van der Waals surface area contributed by atoms with Crippen LogP contribution in [0.15, 0.2) is 11.9 Å². The average Bonchev–Trinajstić information content (AvgIpc) is 2.30. The topological polar surface area (TPSA) is 3.24 Å². The van der Waals surface area contributed by atoms with Crippen molar-refractivity contribution in [2.45, 2.75) is 25.8 Å². The lowest BCUT2D eigenvalue weighted by molar-refractivity contribution is 0.305. The van der Waals surface area contributed by atoms with Gasteiger partial charge in [-0.2, -0.15) is 0 Å². The van der Waals surface area contributed by atoms with E-state index in [0.717, 1.165) is 31.3 Å². The van der Waals surface area contributed by atoms with Crippen molar-refractivity contribution in [3.8, 4) is 0 Å². The van der Waals surface area contributed by atoms with Crippen LogP contribution in [0, 0.1) is 0 Å². The van der Waals surface area contributed by atoms with Crippen LogP contribution in [0.4, 0.5) is 4.39 Å². The maximum absolute atomic E-state index is 12.0. The summed E-state index contributed by atoms with van der Waals surface area (Å²) in [4.78, 5) is 2.20. The van der Waals surface area contributed by atoms with Crippen molar-refractivity contribution in [2.75, 3.05) is 13.6 Å². The number of likely N-dealkylation sites (N-methyl/N-ethyl adjacent to an activating group) is 1. The van der Waals surface area contributed by atoms with Gasteiger partial charge >= 0.3 is 0 Å². The molecule has 1 rings (SSSR count). The maximum atomic E-state index is 12.0. The van der Waals surface area contributed by atoms with Crippen LogP contribution in [0.1, 0.15) is 19.8 Å². The third-order valence-electron chi connectivity index (χ3n) is 2.20. The van der Waals surface area contributed by atoms with E-state index in [1.807, 2.05) is 7.05 Å². The highest BCUT2D eigenvalue weighted by Crippen LogP contribution is 2.22. The molecule has 1 saturated heterocycles. The third kappa shape index (κ3) is 1.37. The second-order valence-corrected chi connectivity index (χ2v) is 2.95. The van der Waals surface area contributed by atoms with Crippen molar-refractivity contribution < 1.29 is 4.39 Å². The van der Waals surface area contributed by atoms with E-state index in [4.69, 9.17) is 0 Å². The molecule has 0 aromatic heterocycles. The molecule has 1 unspecified atom stereocenters. The largest absolute Gasteiger partial charge is 0.299 e. The van der Waals surface area contributed by atoms with Gasteiger partial charge in [0.2, 0.25) is 0 Å². The molecule has 1 nitrogen and oxygen atoms in total. The molecule has 10 heavy (non-hydrogen) atoms. The molecule has 1 aliphatic rings. The molecule has 0 saturated carbocycles. The molecule has 1 aliphatic heterocycles. The second-order valence-electron chi connectivity index (χ2n) is 2.95. The number of halogens is 1. The zero-order chi connectivity index (χ0) is 7.56. The van der Waals surface area contributed by atoms with E-state index in [9.17, 15) is 4.39 Å². The van der Waals surface area contributed by atoms with Gasteiger partial charge in [-0.15, -0.1) is 0 Å². The van der Waals surface area contributed by atoms with Crippen molar-refractivity contribution in [3.63, 3.8) is 0 Å². The standard InChI is InChI=1S/C8H14FN/c1-3-8-4-7(5-9)6-10(8)2/h5,8H,3-4,6H2,1-2H3/b7-5-. The zero-order valence-corrected chi connectivity index (χ0v) is 6.60. The average molecular weight is 143 g/mol. The van der Waals surface area contributed by atoms with Crippen LogP contribution in [-0.4, -0.2) is 24.5 Å². The predicted molar refractivity (Wildman–Crippen MR) is 40.5 cm³/mol. The van der Waals surface area contributed by atoms with E-state index in [2.05, 4.69) is 11.8 Å². The van der Waals surface area contributed by atoms with E-state index in [1.165, 1.54) is 0 Å². The normalized spacial score (nSPS) is 31.9. The van der Waals surface area contributed by atoms with Crippen LogP contribution >= 0.6 is 0 Å². The maximum Gasteiger partial charge on any atom is 0.0872 e. The summed E-state index contributed by atoms with van der Waals surface area (Å²) in [5.41, 5.74) is 0.939. The van der Waals surface area contributed by atoms with Crippen LogP contribution in [-0.2, 0) is 0 Å². The lowest BCUT2D eigenvalue weighted by Crippen LogP contribution is -2.23. The summed E-state index contributed by atoms with van der Waals surface area (Å²) in [7, 11) is 2.05. The molecule has 1 fully saturated rings. The molecule has 58 valence electrons. The van der Waals surface area contributed by atoms with Gasteiger partial charge in [0.15, 0.2) is 0 Å². The molecule has 0 radical (unpaired) electrons. The Kier molecular flexibility index (Phi) is 2.44. The fraction of sp³-hybridized carbons (Fsp3) is 0.750. The first-order valence-electron chi connectivity index (χ1n) is 3.76. The van der Waals surface area contributed by atoms with E-state index >= 15 is 0 Å². The molecule has 1 atom stereocenters. The van der Waals surface area contributed by atoms with Gasteiger partial charge in [-0.05, 0) is 25.5 Å². The summed E-state index contributed by atoms with van der Waals surface area (Å²) in [6, 6.07) is 0.571. The van der Waals surface area contributed by atoms with Gasteiger partial charge in [-0.1, -0.05) is 6.92 Å². The Hall–Kier alpha value is -0.370. The molecule has 0 amide bonds. The Labute approximate surface area is 61.5 Å². The summed E-state index contributed by atoms with van der Waals surface area (Å²) < 4.78 is 12.0. The van der Waals surface area contributed by atoms with Gasteiger partial charge < -0.3 is 0 Å². The highest BCUT2D eigenvalue weighted by molar-refractivity contribution is 5.09. The Morgan fingerprint density at radius 2 is 2.50 bits per heavy atom. The third-order valence-corrected chi connectivity index (χ3v) is 2.20. The van der Waals surface area contributed by atoms with Gasteiger partial charge in [0.25, 0.3) is 0 Å². The molecular formula is C8H14FN. The molecule has 0 N–H and O–H groups in total. The van der Waals surface area contributed by atoms with Crippen LogP contribution in [0.3, 0.4) is 0 Å². The number of likely N-dealkylation sites (tertiary alicyclic amines) is 1. The molecule has 0 bridgehead atoms. The lowest BCUT2D eigenvalue weighted by atomic mass is 10.1. The monoisotopic (exact) mass is 143 g/mol. The summed E-state index contributed by atoms with van der Waals surface area (Å²) in [6.07, 6.45) is 2.80. The van der Waals surface area contributed by atoms with Crippen LogP contribution in [0.5, 0.6) is 0 Å². The molecular weight excluding hydrogens is 129 g/mol. The fourth-order valence-electron chi connectivity index (χ4n) is 1.51. The summed E-state index contributed by atoms with van der Waals surface area (Å²) in [5.74, 6) is 0. The van der Waals surface area contributed by atoms with Crippen molar-refractivity contribution >= 4 is 0 Å². The Bertz CT molecular complexity index is 142. The lowest BCUT2D eigenvalue weighted by Gasteiger charge is -2.15. The Morgan fingerprint density at radius 3 is 2.80 bits per heavy atom. The van der Waals surface area contributed by atoms with Crippen molar-refractivity contribution in [1.82, 2.24) is 4.90 Å². The highest BCUT2D eigenvalue weighted by atomic mass is 19.1. The molecule has 2 heteroatoms. The summed E-state index contributed by atoms with van der Waals surface area (Å²) >= 11 is 0. The first-order valence-corrected chi connectivity index (χ1v) is 3.76. The van der Waals surface area contributed by atoms with Crippen LogP contribution in [0.25, 0.3) is 0 Å². The van der Waals surface area contributed by atoms with Gasteiger partial charge in [-0.3, -0.25) is 4.90 Å². The van der Waals surface area contributed by atoms with Crippen LogP contribution in [0.2, 0.25) is 0 Å². The SMILES string of the molecule is CCC1C/C(=C/F)CN1C. The van der Waals surface area contributed by atoms with Crippen molar-refractivity contribution in [2.24, 2.45) is 0 Å². The highest BCUT2D eigenvalue weighted by Gasteiger charge is 2.22. The van der Waals surface area contributed by atoms with Gasteiger partial charge in [0.05, 0.1) is 6.33 Å². The first-order chi connectivity index (χ1) is 4.77. The number of hydrogen-bond acceptors (Lipinski definition) is 1. The first kappa shape index (κ1) is 7.73. The van der Waals surface area contributed by atoms with Crippen LogP contribution < -0.4 is 0 Å². The molecule has 0 aromatic rings. The summed E-state index contributed by atoms with van der Waals surface area (Å²) in [6.45, 7) is 2.96. The minimum atomic E-state index is 0.571. The fourth-order valence-corrected chi connectivity index (χ4v) is 1.51. The quantitative estimate of drug-likeness (QED) is 0.542. The zero-order valence-electron chi connectivity index (χ0n) is 6.60. The smallest absolute Gasteiger partial charge is 0.0872 e. The molecule has 0 spiro atoms. The van der Waals surface area contributed by atoms with Gasteiger partial charge in [0, 0.05) is 12.6 Å². The van der Waals surface area contributed by atoms with E-state index in [-0.39, 0.29) is 0 Å². The molecule has 0 aliphatic carbocycles. The molecule has 0 aromatic carbocycles. The Morgan fingerprint density at radius 1 is 1.80 bits per heavy atom. The van der Waals surface area contributed by atoms with Gasteiger partial charge in [0.1, 0.15) is 0 Å². The minimum Gasteiger partial charge on any atom is -0.299 e. The van der Waals surface area contributed by atoms with E-state index < -0.39 is 0 Å². The van der Waals surface area contributed by atoms with E-state index in [0.29, 0.717) is 6.04 Å². The predicted octanol–water partition coefficient (Wildman–Crippen LogP) is 1.95. The van der Waals surface area contributed by atoms with Crippen molar-refractivity contribution in [1.29, 1.82) is 0 Å². The number of rotatable bonds is 1. The summed E-state index contributed by atoms with van der Waals surface area (Å²) in [5, 5.41) is 0. The van der Waals surface area contributed by atoms with Gasteiger partial charge in [-0.25, -0.2) is 4.39 Å². The van der Waals surface area contributed by atoms with Crippen molar-refractivity contribution in [3.05, 3.63) is 11.9 Å². The minimum absolute atomic E-state index is 0.571. The van der Waals surface area contributed by atoms with E-state index in [1.54, 1.807) is 0 Å². The second kappa shape index (κ2) is 3.15.